The lowest BCUT2D eigenvalue weighted by atomic mass is 10.2. The normalized spacial score (nSPS) is 19.6. The number of hydrogen-bond donors (Lipinski definition) is 2. The van der Waals surface area contributed by atoms with Crippen LogP contribution in [0.1, 0.15) is 18.5 Å². The fraction of sp³-hybridized carbons (Fsp3) is 0.455. The topological polar surface area (TPSA) is 63.1 Å². The molecule has 5 nitrogen and oxygen atoms in total. The average Bonchev–Trinajstić information content (AvgIpc) is 2.84. The molecule has 2 amide bonds. The molecule has 1 aromatic heterocycles. The van der Waals surface area contributed by atoms with E-state index >= 15 is 0 Å². The summed E-state index contributed by atoms with van der Waals surface area (Å²) in [7, 11) is 1.93. The summed E-state index contributed by atoms with van der Waals surface area (Å²) in [6.07, 6.45) is 2.97. The summed E-state index contributed by atoms with van der Waals surface area (Å²) in [6, 6.07) is 3.53. The van der Waals surface area contributed by atoms with Gasteiger partial charge in [-0.05, 0) is 18.6 Å². The first-order valence-electron chi connectivity index (χ1n) is 5.34. The molecule has 1 atom stereocenters. The van der Waals surface area contributed by atoms with Gasteiger partial charge in [0.2, 0.25) is 11.8 Å². The molecule has 1 aromatic rings. The van der Waals surface area contributed by atoms with E-state index in [2.05, 4.69) is 10.6 Å². The van der Waals surface area contributed by atoms with Crippen LogP contribution < -0.4 is 10.6 Å². The molecule has 1 unspecified atom stereocenters. The van der Waals surface area contributed by atoms with Gasteiger partial charge in [-0.25, -0.2) is 0 Å². The zero-order valence-electron chi connectivity index (χ0n) is 9.19. The number of rotatable bonds is 3. The molecule has 0 radical (unpaired) electrons. The van der Waals surface area contributed by atoms with Crippen LogP contribution in [0.2, 0.25) is 0 Å². The van der Waals surface area contributed by atoms with Crippen molar-refractivity contribution in [1.29, 1.82) is 0 Å². The molecule has 0 bridgehead atoms. The van der Waals surface area contributed by atoms with Crippen molar-refractivity contribution in [2.24, 2.45) is 7.05 Å². The Kier molecular flexibility index (Phi) is 2.94. The van der Waals surface area contributed by atoms with Crippen LogP contribution in [0.4, 0.5) is 0 Å². The Labute approximate surface area is 93.8 Å². The van der Waals surface area contributed by atoms with E-state index in [0.717, 1.165) is 5.69 Å². The maximum atomic E-state index is 11.7. The Morgan fingerprint density at radius 2 is 2.50 bits per heavy atom. The van der Waals surface area contributed by atoms with Crippen LogP contribution in [0.25, 0.3) is 0 Å². The van der Waals surface area contributed by atoms with Gasteiger partial charge in [0.1, 0.15) is 6.04 Å². The van der Waals surface area contributed by atoms with E-state index in [1.54, 1.807) is 0 Å². The highest BCUT2D eigenvalue weighted by Gasteiger charge is 2.26. The van der Waals surface area contributed by atoms with E-state index in [1.807, 2.05) is 29.9 Å². The molecular weight excluding hydrogens is 206 g/mol. The summed E-state index contributed by atoms with van der Waals surface area (Å²) in [6.45, 7) is 0.495. The second-order valence-corrected chi connectivity index (χ2v) is 3.99. The smallest absolute Gasteiger partial charge is 0.242 e. The quantitative estimate of drug-likeness (QED) is 0.750. The van der Waals surface area contributed by atoms with Crippen LogP contribution in [-0.2, 0) is 23.2 Å². The zero-order valence-corrected chi connectivity index (χ0v) is 9.19. The molecule has 0 saturated carbocycles. The van der Waals surface area contributed by atoms with Crippen molar-refractivity contribution in [3.63, 3.8) is 0 Å². The van der Waals surface area contributed by atoms with Gasteiger partial charge < -0.3 is 15.2 Å². The summed E-state index contributed by atoms with van der Waals surface area (Å²) < 4.78 is 1.95. The minimum absolute atomic E-state index is 0.0426. The molecule has 2 heterocycles. The van der Waals surface area contributed by atoms with Crippen molar-refractivity contribution in [1.82, 2.24) is 15.2 Å². The van der Waals surface area contributed by atoms with Crippen molar-refractivity contribution in [3.05, 3.63) is 24.0 Å². The van der Waals surface area contributed by atoms with Crippen molar-refractivity contribution < 1.29 is 9.59 Å². The first-order chi connectivity index (χ1) is 7.66. The lowest BCUT2D eigenvalue weighted by Crippen LogP contribution is -2.41. The zero-order chi connectivity index (χ0) is 11.5. The van der Waals surface area contributed by atoms with Crippen LogP contribution in [-0.4, -0.2) is 22.4 Å². The van der Waals surface area contributed by atoms with Crippen molar-refractivity contribution in [2.75, 3.05) is 0 Å². The Morgan fingerprint density at radius 1 is 1.69 bits per heavy atom. The predicted octanol–water partition coefficient (Wildman–Crippen LogP) is -0.0801. The summed E-state index contributed by atoms with van der Waals surface area (Å²) in [5.74, 6) is -0.147. The number of nitrogens with one attached hydrogen (secondary N) is 2. The Balaban J connectivity index is 1.84. The van der Waals surface area contributed by atoms with Crippen molar-refractivity contribution >= 4 is 11.8 Å². The Hall–Kier alpha value is -1.78. The lowest BCUT2D eigenvalue weighted by Gasteiger charge is -2.11. The fourth-order valence-corrected chi connectivity index (χ4v) is 1.79. The van der Waals surface area contributed by atoms with Crippen LogP contribution in [0.5, 0.6) is 0 Å². The second-order valence-electron chi connectivity index (χ2n) is 3.99. The van der Waals surface area contributed by atoms with Crippen molar-refractivity contribution in [3.8, 4) is 0 Å². The molecule has 0 aromatic carbocycles. The van der Waals surface area contributed by atoms with Gasteiger partial charge in [-0.15, -0.1) is 0 Å². The van der Waals surface area contributed by atoms with Crippen LogP contribution >= 0.6 is 0 Å². The number of amides is 2. The molecule has 1 aliphatic heterocycles. The van der Waals surface area contributed by atoms with Gasteiger partial charge in [0.15, 0.2) is 0 Å². The molecule has 2 N–H and O–H groups in total. The largest absolute Gasteiger partial charge is 0.353 e. The lowest BCUT2D eigenvalue weighted by molar-refractivity contribution is -0.125. The van der Waals surface area contributed by atoms with Crippen molar-refractivity contribution in [2.45, 2.75) is 25.4 Å². The van der Waals surface area contributed by atoms with E-state index in [-0.39, 0.29) is 17.9 Å². The SMILES string of the molecule is Cn1cccc1CNC(=O)C1CCC(=O)N1. The molecule has 0 spiro atoms. The minimum atomic E-state index is -0.354. The molecule has 1 fully saturated rings. The highest BCUT2D eigenvalue weighted by molar-refractivity contribution is 5.90. The predicted molar refractivity (Wildman–Crippen MR) is 58.4 cm³/mol. The first-order valence-corrected chi connectivity index (χ1v) is 5.34. The van der Waals surface area contributed by atoms with E-state index in [4.69, 9.17) is 0 Å². The highest BCUT2D eigenvalue weighted by Crippen LogP contribution is 2.07. The van der Waals surface area contributed by atoms with Gasteiger partial charge in [-0.1, -0.05) is 0 Å². The minimum Gasteiger partial charge on any atom is -0.353 e. The number of carbonyl (C=O) groups excluding carboxylic acids is 2. The Bertz CT molecular complexity index is 411. The van der Waals surface area contributed by atoms with Gasteiger partial charge in [-0.3, -0.25) is 9.59 Å². The molecular formula is C11H15N3O2. The van der Waals surface area contributed by atoms with E-state index in [1.165, 1.54) is 0 Å². The molecule has 1 aliphatic rings. The number of aromatic nitrogens is 1. The monoisotopic (exact) mass is 221 g/mol. The maximum Gasteiger partial charge on any atom is 0.242 e. The van der Waals surface area contributed by atoms with E-state index in [9.17, 15) is 9.59 Å². The van der Waals surface area contributed by atoms with E-state index in [0.29, 0.717) is 19.4 Å². The fourth-order valence-electron chi connectivity index (χ4n) is 1.79. The summed E-state index contributed by atoms with van der Waals surface area (Å²) in [4.78, 5) is 22.6. The molecule has 1 saturated heterocycles. The molecule has 2 rings (SSSR count). The highest BCUT2D eigenvalue weighted by atomic mass is 16.2. The third-order valence-corrected chi connectivity index (χ3v) is 2.81. The van der Waals surface area contributed by atoms with Crippen LogP contribution in [0.15, 0.2) is 18.3 Å². The third kappa shape index (κ3) is 2.24. The van der Waals surface area contributed by atoms with Crippen LogP contribution in [0, 0.1) is 0 Å². The number of aryl methyl sites for hydroxylation is 1. The summed E-state index contributed by atoms with van der Waals surface area (Å²) in [5, 5.41) is 5.45. The third-order valence-electron chi connectivity index (χ3n) is 2.81. The Morgan fingerprint density at radius 3 is 3.06 bits per heavy atom. The van der Waals surface area contributed by atoms with E-state index < -0.39 is 0 Å². The summed E-state index contributed by atoms with van der Waals surface area (Å²) in [5.41, 5.74) is 1.04. The number of nitrogens with zero attached hydrogens (tertiary/aromatic N) is 1. The number of carbonyl (C=O) groups is 2. The van der Waals surface area contributed by atoms with Gasteiger partial charge in [0.05, 0.1) is 6.54 Å². The molecule has 0 aliphatic carbocycles. The molecule has 5 heteroatoms. The molecule has 16 heavy (non-hydrogen) atoms. The summed E-state index contributed by atoms with van der Waals surface area (Å²) >= 11 is 0. The standard InChI is InChI=1S/C11H15N3O2/c1-14-6-2-3-8(14)7-12-11(16)9-4-5-10(15)13-9/h2-3,6,9H,4-5,7H2,1H3,(H,12,16)(H,13,15). The maximum absolute atomic E-state index is 11.7. The van der Waals surface area contributed by atoms with Crippen LogP contribution in [0.3, 0.4) is 0 Å². The first kappa shape index (κ1) is 10.7. The van der Waals surface area contributed by atoms with Gasteiger partial charge in [0, 0.05) is 25.4 Å². The van der Waals surface area contributed by atoms with Gasteiger partial charge in [-0.2, -0.15) is 0 Å². The second kappa shape index (κ2) is 4.38. The number of hydrogen-bond acceptors (Lipinski definition) is 2. The van der Waals surface area contributed by atoms with Gasteiger partial charge in [0.25, 0.3) is 0 Å². The molecule has 86 valence electrons. The van der Waals surface area contributed by atoms with Gasteiger partial charge >= 0.3 is 0 Å². The average molecular weight is 221 g/mol.